The monoisotopic (exact) mass is 175 g/mol. The summed E-state index contributed by atoms with van der Waals surface area (Å²) in [6, 6.07) is 3.60. The fourth-order valence-corrected chi connectivity index (χ4v) is 1.32. The van der Waals surface area contributed by atoms with Crippen LogP contribution in [0.15, 0.2) is 18.3 Å². The van der Waals surface area contributed by atoms with E-state index in [1.54, 1.807) is 18.3 Å². The molecule has 1 aromatic heterocycles. The third-order valence-electron chi connectivity index (χ3n) is 1.33. The van der Waals surface area contributed by atoms with E-state index in [1.807, 2.05) is 0 Å². The summed E-state index contributed by atoms with van der Waals surface area (Å²) in [4.78, 5) is 19.9. The first kappa shape index (κ1) is 8.53. The largest absolute Gasteiger partial charge is 0.365 e. The molecule has 0 unspecified atom stereocenters. The fraction of sp³-hybridized carbons (Fsp3) is 0.333. The number of hydrogen-bond donors (Lipinski definition) is 3. The van der Waals surface area contributed by atoms with E-state index >= 15 is 0 Å². The summed E-state index contributed by atoms with van der Waals surface area (Å²) < 4.78 is 10.4. The van der Waals surface area contributed by atoms with Crippen LogP contribution in [0.1, 0.15) is 5.69 Å². The van der Waals surface area contributed by atoms with Gasteiger partial charge in [0.2, 0.25) is 0 Å². The van der Waals surface area contributed by atoms with Crippen molar-refractivity contribution in [3.8, 4) is 0 Å². The van der Waals surface area contributed by atoms with Crippen molar-refractivity contribution in [3.05, 3.63) is 24.0 Å². The number of aromatic nitrogens is 1. The van der Waals surface area contributed by atoms with Gasteiger partial charge < -0.3 is 14.8 Å². The number of rotatable bonds is 3. The molecule has 0 atom stereocenters. The fourth-order valence-electron chi connectivity index (χ4n) is 0.789. The lowest BCUT2D eigenvalue weighted by Crippen LogP contribution is -1.93. The SMILES string of the molecule is O=P(O)(O)CCc1ccc[nH]1. The van der Waals surface area contributed by atoms with Gasteiger partial charge in [0.15, 0.2) is 0 Å². The smallest absolute Gasteiger partial charge is 0.325 e. The average molecular weight is 175 g/mol. The lowest BCUT2D eigenvalue weighted by Gasteiger charge is -2.00. The van der Waals surface area contributed by atoms with Crippen LogP contribution in [0.3, 0.4) is 0 Å². The summed E-state index contributed by atoms with van der Waals surface area (Å²) in [5.41, 5.74) is 0.855. The minimum atomic E-state index is -3.83. The van der Waals surface area contributed by atoms with Crippen molar-refractivity contribution in [3.63, 3.8) is 0 Å². The molecule has 4 nitrogen and oxygen atoms in total. The Morgan fingerprint density at radius 3 is 2.73 bits per heavy atom. The minimum Gasteiger partial charge on any atom is -0.365 e. The Bertz CT molecular complexity index is 251. The van der Waals surface area contributed by atoms with Gasteiger partial charge in [-0.1, -0.05) is 0 Å². The summed E-state index contributed by atoms with van der Waals surface area (Å²) in [7, 11) is -3.83. The minimum absolute atomic E-state index is 0.0898. The molecule has 11 heavy (non-hydrogen) atoms. The highest BCUT2D eigenvalue weighted by atomic mass is 31.2. The van der Waals surface area contributed by atoms with Crippen molar-refractivity contribution in [1.29, 1.82) is 0 Å². The molecule has 0 aliphatic heterocycles. The van der Waals surface area contributed by atoms with Gasteiger partial charge in [-0.15, -0.1) is 0 Å². The number of aryl methyl sites for hydroxylation is 1. The van der Waals surface area contributed by atoms with Crippen molar-refractivity contribution >= 4 is 7.60 Å². The Morgan fingerprint density at radius 1 is 1.55 bits per heavy atom. The maximum atomic E-state index is 10.4. The van der Waals surface area contributed by atoms with Crippen molar-refractivity contribution in [2.75, 3.05) is 6.16 Å². The normalized spacial score (nSPS) is 11.8. The highest BCUT2D eigenvalue weighted by Crippen LogP contribution is 2.34. The van der Waals surface area contributed by atoms with Crippen LogP contribution in [0.4, 0.5) is 0 Å². The average Bonchev–Trinajstić information content (AvgIpc) is 2.32. The highest BCUT2D eigenvalue weighted by Gasteiger charge is 2.12. The van der Waals surface area contributed by atoms with Crippen LogP contribution in [0.2, 0.25) is 0 Å². The van der Waals surface area contributed by atoms with Crippen LogP contribution in [0.25, 0.3) is 0 Å². The van der Waals surface area contributed by atoms with E-state index in [0.29, 0.717) is 6.42 Å². The van der Waals surface area contributed by atoms with E-state index in [9.17, 15) is 4.57 Å². The molecule has 0 radical (unpaired) electrons. The summed E-state index contributed by atoms with van der Waals surface area (Å²) in [6.45, 7) is 0. The molecular formula is C6H10NO3P. The van der Waals surface area contributed by atoms with E-state index < -0.39 is 7.60 Å². The molecule has 0 saturated carbocycles. The second-order valence-corrected chi connectivity index (χ2v) is 4.11. The molecule has 5 heteroatoms. The van der Waals surface area contributed by atoms with Gasteiger partial charge in [0.05, 0.1) is 6.16 Å². The van der Waals surface area contributed by atoms with Gasteiger partial charge >= 0.3 is 7.60 Å². The molecule has 0 saturated heterocycles. The first-order valence-electron chi connectivity index (χ1n) is 3.25. The van der Waals surface area contributed by atoms with Gasteiger partial charge in [-0.2, -0.15) is 0 Å². The molecule has 0 bridgehead atoms. The molecule has 0 amide bonds. The third-order valence-corrected chi connectivity index (χ3v) is 2.14. The van der Waals surface area contributed by atoms with Crippen molar-refractivity contribution in [2.24, 2.45) is 0 Å². The highest BCUT2D eigenvalue weighted by molar-refractivity contribution is 7.51. The lowest BCUT2D eigenvalue weighted by atomic mass is 10.3. The van der Waals surface area contributed by atoms with Crippen molar-refractivity contribution in [2.45, 2.75) is 6.42 Å². The number of aromatic amines is 1. The van der Waals surface area contributed by atoms with Crippen LogP contribution < -0.4 is 0 Å². The Balaban J connectivity index is 2.41. The molecule has 0 aromatic carbocycles. The molecule has 0 spiro atoms. The number of nitrogens with one attached hydrogen (secondary N) is 1. The van der Waals surface area contributed by atoms with E-state index in [2.05, 4.69) is 4.98 Å². The molecule has 3 N–H and O–H groups in total. The standard InChI is InChI=1S/C6H10NO3P/c8-11(9,10)5-3-6-2-1-4-7-6/h1-2,4,7H,3,5H2,(H2,8,9,10). The van der Waals surface area contributed by atoms with Crippen LogP contribution in [-0.4, -0.2) is 20.9 Å². The zero-order valence-corrected chi connectivity index (χ0v) is 6.79. The quantitative estimate of drug-likeness (QED) is 0.593. The summed E-state index contributed by atoms with van der Waals surface area (Å²) in [6.07, 6.45) is 2.04. The molecule has 1 heterocycles. The van der Waals surface area contributed by atoms with Gasteiger partial charge in [0.1, 0.15) is 0 Å². The molecule has 0 fully saturated rings. The van der Waals surface area contributed by atoms with Gasteiger partial charge in [0.25, 0.3) is 0 Å². The zero-order chi connectivity index (χ0) is 8.32. The predicted octanol–water partition coefficient (Wildman–Crippen LogP) is 0.735. The molecular weight excluding hydrogens is 165 g/mol. The van der Waals surface area contributed by atoms with E-state index in [-0.39, 0.29) is 6.16 Å². The Hall–Kier alpha value is -0.570. The Kier molecular flexibility index (Phi) is 2.49. The molecule has 0 aliphatic carbocycles. The van der Waals surface area contributed by atoms with Gasteiger partial charge in [-0.25, -0.2) is 0 Å². The molecule has 0 aliphatic rings. The van der Waals surface area contributed by atoms with E-state index in [4.69, 9.17) is 9.79 Å². The van der Waals surface area contributed by atoms with E-state index in [0.717, 1.165) is 5.69 Å². The molecule has 1 rings (SSSR count). The lowest BCUT2D eigenvalue weighted by molar-refractivity contribution is 0.373. The maximum absolute atomic E-state index is 10.4. The van der Waals surface area contributed by atoms with E-state index in [1.165, 1.54) is 0 Å². The maximum Gasteiger partial charge on any atom is 0.325 e. The number of hydrogen-bond acceptors (Lipinski definition) is 1. The third kappa shape index (κ3) is 3.37. The summed E-state index contributed by atoms with van der Waals surface area (Å²) in [5.74, 6) is 0. The van der Waals surface area contributed by atoms with Crippen molar-refractivity contribution < 1.29 is 14.4 Å². The van der Waals surface area contributed by atoms with Crippen molar-refractivity contribution in [1.82, 2.24) is 4.98 Å². The Morgan fingerprint density at radius 2 is 2.27 bits per heavy atom. The molecule has 1 aromatic rings. The van der Waals surface area contributed by atoms with Crippen LogP contribution in [-0.2, 0) is 11.0 Å². The predicted molar refractivity (Wildman–Crippen MR) is 41.4 cm³/mol. The molecule has 62 valence electrons. The summed E-state index contributed by atoms with van der Waals surface area (Å²) >= 11 is 0. The van der Waals surface area contributed by atoms with Crippen LogP contribution in [0.5, 0.6) is 0 Å². The zero-order valence-electron chi connectivity index (χ0n) is 5.90. The van der Waals surface area contributed by atoms with Gasteiger partial charge in [0, 0.05) is 11.9 Å². The van der Waals surface area contributed by atoms with Gasteiger partial charge in [-0.3, -0.25) is 4.57 Å². The van der Waals surface area contributed by atoms with Crippen LogP contribution >= 0.6 is 7.60 Å². The van der Waals surface area contributed by atoms with Crippen LogP contribution in [0, 0.1) is 0 Å². The second-order valence-electron chi connectivity index (χ2n) is 2.33. The summed E-state index contributed by atoms with van der Waals surface area (Å²) in [5, 5.41) is 0. The first-order chi connectivity index (χ1) is 5.08. The second kappa shape index (κ2) is 3.22. The topological polar surface area (TPSA) is 73.3 Å². The Labute approximate surface area is 64.4 Å². The van der Waals surface area contributed by atoms with Gasteiger partial charge in [-0.05, 0) is 18.6 Å². The first-order valence-corrected chi connectivity index (χ1v) is 5.04. The number of H-pyrrole nitrogens is 1.